The number of hydrogen-bond donors (Lipinski definition) is 0. The largest absolute Gasteiger partial charge is 0.287 e. The Hall–Kier alpha value is -2.55. The van der Waals surface area contributed by atoms with Crippen molar-refractivity contribution in [1.29, 1.82) is 0 Å². The van der Waals surface area contributed by atoms with E-state index in [-0.39, 0.29) is 5.78 Å². The lowest BCUT2D eigenvalue weighted by atomic mass is 9.92. The Balaban J connectivity index is 2.20. The number of carbonyl (C=O) groups is 1. The Bertz CT molecular complexity index is 706. The van der Waals surface area contributed by atoms with E-state index in [1.54, 1.807) is 6.21 Å². The van der Waals surface area contributed by atoms with Crippen molar-refractivity contribution in [2.24, 2.45) is 10.2 Å². The number of aryl methyl sites for hydroxylation is 3. The molecule has 0 saturated carbocycles. The summed E-state index contributed by atoms with van der Waals surface area (Å²) in [5.74, 6) is -0.0797. The minimum Gasteiger partial charge on any atom is -0.287 e. The smallest absolute Gasteiger partial charge is 0.206 e. The molecular formula is C20H22N2O. The molecule has 0 saturated heterocycles. The van der Waals surface area contributed by atoms with E-state index in [9.17, 15) is 4.79 Å². The van der Waals surface area contributed by atoms with E-state index < -0.39 is 0 Å². The molecule has 2 aromatic carbocycles. The summed E-state index contributed by atoms with van der Waals surface area (Å²) in [6.45, 7) is 6.19. The first-order chi connectivity index (χ1) is 11.2. The van der Waals surface area contributed by atoms with Crippen molar-refractivity contribution in [2.45, 2.75) is 33.6 Å². The molecule has 3 heteroatoms. The van der Waals surface area contributed by atoms with Crippen LogP contribution in [-0.2, 0) is 12.8 Å². The van der Waals surface area contributed by atoms with Gasteiger partial charge in [-0.25, -0.2) is 0 Å². The molecule has 0 atom stereocenters. The van der Waals surface area contributed by atoms with Gasteiger partial charge in [-0.2, -0.15) is 10.2 Å². The molecular weight excluding hydrogens is 284 g/mol. The average Bonchev–Trinajstić information content (AvgIpc) is 2.58. The second kappa shape index (κ2) is 8.18. The van der Waals surface area contributed by atoms with Crippen LogP contribution >= 0.6 is 0 Å². The van der Waals surface area contributed by atoms with Gasteiger partial charge in [0.2, 0.25) is 5.78 Å². The third kappa shape index (κ3) is 4.46. The predicted octanol–water partition coefficient (Wildman–Crippen LogP) is 4.41. The zero-order chi connectivity index (χ0) is 16.7. The maximum atomic E-state index is 12.5. The van der Waals surface area contributed by atoms with Crippen molar-refractivity contribution in [3.63, 3.8) is 0 Å². The summed E-state index contributed by atoms with van der Waals surface area (Å²) >= 11 is 0. The average molecular weight is 306 g/mol. The van der Waals surface area contributed by atoms with Crippen molar-refractivity contribution in [3.8, 4) is 0 Å². The highest BCUT2D eigenvalue weighted by atomic mass is 16.1. The Labute approximate surface area is 137 Å². The maximum absolute atomic E-state index is 12.5. The van der Waals surface area contributed by atoms with Crippen molar-refractivity contribution in [1.82, 2.24) is 0 Å². The molecule has 0 heterocycles. The first-order valence-electron chi connectivity index (χ1n) is 7.93. The quantitative estimate of drug-likeness (QED) is 0.443. The fraction of sp³-hybridized carbons (Fsp3) is 0.250. The van der Waals surface area contributed by atoms with Gasteiger partial charge in [0.15, 0.2) is 0 Å². The molecule has 0 spiro atoms. The molecule has 23 heavy (non-hydrogen) atoms. The number of ketones is 1. The molecule has 0 aliphatic rings. The Morgan fingerprint density at radius 3 is 2.17 bits per heavy atom. The Kier molecular flexibility index (Phi) is 5.98. The topological polar surface area (TPSA) is 41.8 Å². The zero-order valence-electron chi connectivity index (χ0n) is 13.9. The van der Waals surface area contributed by atoms with Gasteiger partial charge in [0, 0.05) is 5.56 Å². The monoisotopic (exact) mass is 306 g/mol. The predicted molar refractivity (Wildman–Crippen MR) is 96.8 cm³/mol. The highest BCUT2D eigenvalue weighted by molar-refractivity contribution is 6.36. The van der Waals surface area contributed by atoms with Crippen LogP contribution in [0.15, 0.2) is 52.7 Å². The van der Waals surface area contributed by atoms with E-state index >= 15 is 0 Å². The molecule has 0 aromatic heterocycles. The second-order valence-electron chi connectivity index (χ2n) is 5.43. The Morgan fingerprint density at radius 2 is 1.61 bits per heavy atom. The standard InChI is InChI=1S/C20H22N2O/c1-4-17-11-15(3)12-18(5-2)20(17)19(23)14-22-21-13-16-9-7-6-8-10-16/h6-14H,4-5H2,1-3H3. The molecule has 0 aliphatic heterocycles. The summed E-state index contributed by atoms with van der Waals surface area (Å²) in [5.41, 5.74) is 5.07. The van der Waals surface area contributed by atoms with Gasteiger partial charge in [-0.05, 0) is 36.5 Å². The van der Waals surface area contributed by atoms with Crippen LogP contribution in [0.4, 0.5) is 0 Å². The number of Topliss-reactive ketones (excluding diaryl/α,β-unsaturated/α-hetero) is 1. The van der Waals surface area contributed by atoms with Gasteiger partial charge in [-0.15, -0.1) is 0 Å². The molecule has 0 N–H and O–H groups in total. The summed E-state index contributed by atoms with van der Waals surface area (Å²) in [6.07, 6.45) is 4.61. The molecule has 2 aromatic rings. The highest BCUT2D eigenvalue weighted by Crippen LogP contribution is 2.19. The van der Waals surface area contributed by atoms with Crippen LogP contribution in [0.1, 0.15) is 46.5 Å². The Morgan fingerprint density at radius 1 is 1.00 bits per heavy atom. The third-order valence-electron chi connectivity index (χ3n) is 3.70. The van der Waals surface area contributed by atoms with Gasteiger partial charge in [0.25, 0.3) is 0 Å². The molecule has 0 bridgehead atoms. The van der Waals surface area contributed by atoms with E-state index in [0.29, 0.717) is 0 Å². The minimum atomic E-state index is -0.0797. The van der Waals surface area contributed by atoms with Gasteiger partial charge in [-0.3, -0.25) is 4.79 Å². The zero-order valence-corrected chi connectivity index (χ0v) is 13.9. The minimum absolute atomic E-state index is 0.0797. The van der Waals surface area contributed by atoms with Crippen LogP contribution in [0.5, 0.6) is 0 Å². The molecule has 118 valence electrons. The number of hydrogen-bond acceptors (Lipinski definition) is 3. The van der Waals surface area contributed by atoms with Gasteiger partial charge >= 0.3 is 0 Å². The van der Waals surface area contributed by atoms with Crippen molar-refractivity contribution in [2.75, 3.05) is 0 Å². The van der Waals surface area contributed by atoms with Gasteiger partial charge in [0.05, 0.1) is 12.4 Å². The summed E-state index contributed by atoms with van der Waals surface area (Å²) in [6, 6.07) is 13.8. The summed E-state index contributed by atoms with van der Waals surface area (Å²) < 4.78 is 0. The van der Waals surface area contributed by atoms with Crippen molar-refractivity contribution in [3.05, 3.63) is 70.3 Å². The molecule has 2 rings (SSSR count). The lowest BCUT2D eigenvalue weighted by molar-refractivity contribution is 0.106. The molecule has 0 radical (unpaired) electrons. The number of carbonyl (C=O) groups excluding carboxylic acids is 1. The normalized spacial score (nSPS) is 11.4. The van der Waals surface area contributed by atoms with E-state index in [1.165, 1.54) is 11.8 Å². The second-order valence-corrected chi connectivity index (χ2v) is 5.43. The van der Waals surface area contributed by atoms with Crippen LogP contribution in [-0.4, -0.2) is 18.2 Å². The van der Waals surface area contributed by atoms with Crippen molar-refractivity contribution >= 4 is 18.2 Å². The van der Waals surface area contributed by atoms with Gasteiger partial charge in [-0.1, -0.05) is 61.9 Å². The van der Waals surface area contributed by atoms with E-state index in [2.05, 4.69) is 43.1 Å². The van der Waals surface area contributed by atoms with Crippen LogP contribution in [0, 0.1) is 6.92 Å². The first kappa shape index (κ1) is 16.8. The van der Waals surface area contributed by atoms with Crippen LogP contribution in [0.2, 0.25) is 0 Å². The number of benzene rings is 2. The lowest BCUT2D eigenvalue weighted by Crippen LogP contribution is -2.09. The number of rotatable bonds is 6. The van der Waals surface area contributed by atoms with E-state index in [1.807, 2.05) is 30.3 Å². The molecule has 0 unspecified atom stereocenters. The van der Waals surface area contributed by atoms with Crippen LogP contribution < -0.4 is 0 Å². The van der Waals surface area contributed by atoms with Gasteiger partial charge in [0.1, 0.15) is 0 Å². The summed E-state index contributed by atoms with van der Waals surface area (Å²) in [5, 5.41) is 7.87. The van der Waals surface area contributed by atoms with Crippen molar-refractivity contribution < 1.29 is 4.79 Å². The molecule has 3 nitrogen and oxygen atoms in total. The van der Waals surface area contributed by atoms with Crippen LogP contribution in [0.3, 0.4) is 0 Å². The fourth-order valence-corrected chi connectivity index (χ4v) is 2.61. The van der Waals surface area contributed by atoms with Gasteiger partial charge < -0.3 is 0 Å². The number of nitrogens with zero attached hydrogens (tertiary/aromatic N) is 2. The highest BCUT2D eigenvalue weighted by Gasteiger charge is 2.13. The third-order valence-corrected chi connectivity index (χ3v) is 3.70. The SMILES string of the molecule is CCc1cc(C)cc(CC)c1C(=O)C=NN=Cc1ccccc1. The molecule has 0 amide bonds. The maximum Gasteiger partial charge on any atom is 0.206 e. The first-order valence-corrected chi connectivity index (χ1v) is 7.93. The summed E-state index contributed by atoms with van der Waals surface area (Å²) in [4.78, 5) is 12.5. The fourth-order valence-electron chi connectivity index (χ4n) is 2.61. The molecule has 0 aliphatic carbocycles. The van der Waals surface area contributed by atoms with E-state index in [4.69, 9.17) is 0 Å². The molecule has 0 fully saturated rings. The van der Waals surface area contributed by atoms with E-state index in [0.717, 1.165) is 35.1 Å². The lowest BCUT2D eigenvalue weighted by Gasteiger charge is -2.11. The van der Waals surface area contributed by atoms with Crippen LogP contribution in [0.25, 0.3) is 0 Å². The summed E-state index contributed by atoms with van der Waals surface area (Å²) in [7, 11) is 0.